The average Bonchev–Trinajstić information content (AvgIpc) is 2.43. The Morgan fingerprint density at radius 3 is 2.47 bits per heavy atom. The van der Waals surface area contributed by atoms with Gasteiger partial charge in [-0.25, -0.2) is 0 Å². The van der Waals surface area contributed by atoms with E-state index in [2.05, 4.69) is 5.32 Å². The maximum absolute atomic E-state index is 11.7. The van der Waals surface area contributed by atoms with Crippen molar-refractivity contribution < 1.29 is 4.79 Å². The molecule has 2 aromatic rings. The molecule has 2 aromatic carbocycles. The van der Waals surface area contributed by atoms with E-state index in [1.54, 1.807) is 17.5 Å². The maximum Gasteiger partial charge on any atom is 0.248 e. The van der Waals surface area contributed by atoms with Gasteiger partial charge < -0.3 is 5.32 Å². The van der Waals surface area contributed by atoms with Crippen LogP contribution in [0.3, 0.4) is 0 Å². The molecule has 2 rings (SSSR count). The Hall–Kier alpha value is -1.71. The Kier molecular flexibility index (Phi) is 5.07. The van der Waals surface area contributed by atoms with Crippen molar-refractivity contribution >= 4 is 35.0 Å². The highest BCUT2D eigenvalue weighted by Crippen LogP contribution is 2.21. The molecule has 4 heteroatoms. The lowest BCUT2D eigenvalue weighted by Crippen LogP contribution is -2.07. The van der Waals surface area contributed by atoms with Crippen LogP contribution in [-0.2, 0) is 4.79 Å². The zero-order chi connectivity index (χ0) is 13.5. The lowest BCUT2D eigenvalue weighted by molar-refractivity contribution is -0.111. The number of rotatable bonds is 4. The minimum atomic E-state index is -0.198. The molecular weight excluding hydrogens is 278 g/mol. The maximum atomic E-state index is 11.7. The second kappa shape index (κ2) is 7.02. The molecule has 0 radical (unpaired) electrons. The molecule has 2 nitrogen and oxygen atoms in total. The Bertz CT molecular complexity index is 584. The smallest absolute Gasteiger partial charge is 0.248 e. The van der Waals surface area contributed by atoms with E-state index in [1.807, 2.05) is 42.5 Å². The van der Waals surface area contributed by atoms with Gasteiger partial charge in [-0.3, -0.25) is 4.79 Å². The fourth-order valence-electron chi connectivity index (χ4n) is 1.41. The Balaban J connectivity index is 1.90. The molecule has 0 unspecified atom stereocenters. The molecule has 0 saturated carbocycles. The third kappa shape index (κ3) is 4.47. The highest BCUT2D eigenvalue weighted by molar-refractivity contribution is 8.02. The zero-order valence-corrected chi connectivity index (χ0v) is 11.6. The van der Waals surface area contributed by atoms with Gasteiger partial charge in [0.05, 0.1) is 10.7 Å². The second-order valence-corrected chi connectivity index (χ2v) is 5.09. The summed E-state index contributed by atoms with van der Waals surface area (Å²) in [5.41, 5.74) is 0.614. The SMILES string of the molecule is O=C(C=CSc1ccccc1)Nc1ccccc1Cl. The lowest BCUT2D eigenvalue weighted by atomic mass is 10.3. The summed E-state index contributed by atoms with van der Waals surface area (Å²) < 4.78 is 0. The Morgan fingerprint density at radius 1 is 1.05 bits per heavy atom. The van der Waals surface area contributed by atoms with Crippen molar-refractivity contribution in [2.75, 3.05) is 5.32 Å². The van der Waals surface area contributed by atoms with Crippen molar-refractivity contribution in [2.24, 2.45) is 0 Å². The van der Waals surface area contributed by atoms with Crippen molar-refractivity contribution in [2.45, 2.75) is 4.90 Å². The molecule has 96 valence electrons. The first-order valence-electron chi connectivity index (χ1n) is 5.69. The topological polar surface area (TPSA) is 29.1 Å². The highest BCUT2D eigenvalue weighted by Gasteiger charge is 2.01. The Morgan fingerprint density at radius 2 is 1.74 bits per heavy atom. The van der Waals surface area contributed by atoms with Gasteiger partial charge in [0.1, 0.15) is 0 Å². The van der Waals surface area contributed by atoms with Crippen LogP contribution in [0.1, 0.15) is 0 Å². The monoisotopic (exact) mass is 289 g/mol. The van der Waals surface area contributed by atoms with Crippen LogP contribution in [0.2, 0.25) is 5.02 Å². The molecule has 0 aliphatic carbocycles. The van der Waals surface area contributed by atoms with Crippen molar-refractivity contribution in [1.29, 1.82) is 0 Å². The average molecular weight is 290 g/mol. The van der Waals surface area contributed by atoms with E-state index in [-0.39, 0.29) is 5.91 Å². The first kappa shape index (κ1) is 13.7. The summed E-state index contributed by atoms with van der Waals surface area (Å²) in [6.07, 6.45) is 1.49. The third-order valence-electron chi connectivity index (χ3n) is 2.30. The second-order valence-electron chi connectivity index (χ2n) is 3.70. The number of halogens is 1. The summed E-state index contributed by atoms with van der Waals surface area (Å²) in [7, 11) is 0. The van der Waals surface area contributed by atoms with Gasteiger partial charge in [-0.2, -0.15) is 0 Å². The van der Waals surface area contributed by atoms with Gasteiger partial charge in [0.25, 0.3) is 0 Å². The van der Waals surface area contributed by atoms with Crippen LogP contribution in [0.25, 0.3) is 0 Å². The zero-order valence-electron chi connectivity index (χ0n) is 10.0. The largest absolute Gasteiger partial charge is 0.321 e. The molecule has 19 heavy (non-hydrogen) atoms. The number of hydrogen-bond donors (Lipinski definition) is 1. The molecule has 0 fully saturated rings. The van der Waals surface area contributed by atoms with Crippen LogP contribution in [0.4, 0.5) is 5.69 Å². The quantitative estimate of drug-likeness (QED) is 0.659. The van der Waals surface area contributed by atoms with Gasteiger partial charge in [-0.1, -0.05) is 53.7 Å². The number of carbonyl (C=O) groups excluding carboxylic acids is 1. The fourth-order valence-corrected chi connectivity index (χ4v) is 2.26. The molecule has 0 atom stereocenters. The number of para-hydroxylation sites is 1. The van der Waals surface area contributed by atoms with Crippen LogP contribution >= 0.6 is 23.4 Å². The number of thioether (sulfide) groups is 1. The first-order chi connectivity index (χ1) is 9.25. The van der Waals surface area contributed by atoms with Gasteiger partial charge in [-0.05, 0) is 29.7 Å². The molecule has 0 bridgehead atoms. The normalized spacial score (nSPS) is 10.6. The van der Waals surface area contributed by atoms with Gasteiger partial charge in [0.2, 0.25) is 5.91 Å². The molecule has 1 amide bonds. The molecule has 0 saturated heterocycles. The van der Waals surface area contributed by atoms with Crippen molar-refractivity contribution in [1.82, 2.24) is 0 Å². The number of hydrogen-bond acceptors (Lipinski definition) is 2. The van der Waals surface area contributed by atoms with Gasteiger partial charge in [0.15, 0.2) is 0 Å². The van der Waals surface area contributed by atoms with Gasteiger partial charge >= 0.3 is 0 Å². The van der Waals surface area contributed by atoms with E-state index in [0.717, 1.165) is 4.90 Å². The highest BCUT2D eigenvalue weighted by atomic mass is 35.5. The molecule has 0 heterocycles. The van der Waals surface area contributed by atoms with Crippen LogP contribution in [0, 0.1) is 0 Å². The van der Waals surface area contributed by atoms with Crippen LogP contribution in [-0.4, -0.2) is 5.91 Å². The number of carbonyl (C=O) groups is 1. The summed E-state index contributed by atoms with van der Waals surface area (Å²) in [6.45, 7) is 0. The van der Waals surface area contributed by atoms with Crippen LogP contribution in [0.5, 0.6) is 0 Å². The summed E-state index contributed by atoms with van der Waals surface area (Å²) >= 11 is 7.44. The summed E-state index contributed by atoms with van der Waals surface area (Å²) in [5, 5.41) is 5.00. The number of amides is 1. The molecule has 0 aliphatic rings. The van der Waals surface area contributed by atoms with Crippen molar-refractivity contribution in [3.8, 4) is 0 Å². The summed E-state index contributed by atoms with van der Waals surface area (Å²) in [6, 6.07) is 17.0. The van der Waals surface area contributed by atoms with E-state index < -0.39 is 0 Å². The minimum Gasteiger partial charge on any atom is -0.321 e. The minimum absolute atomic E-state index is 0.198. The van der Waals surface area contributed by atoms with Gasteiger partial charge in [0, 0.05) is 11.0 Å². The van der Waals surface area contributed by atoms with Crippen molar-refractivity contribution in [3.63, 3.8) is 0 Å². The third-order valence-corrected chi connectivity index (χ3v) is 3.44. The number of anilines is 1. The summed E-state index contributed by atoms with van der Waals surface area (Å²) in [5.74, 6) is -0.198. The molecule has 0 aliphatic heterocycles. The lowest BCUT2D eigenvalue weighted by Gasteiger charge is -2.03. The predicted molar refractivity (Wildman–Crippen MR) is 81.5 cm³/mol. The standard InChI is InChI=1S/C15H12ClNOS/c16-13-8-4-5-9-14(13)17-15(18)10-11-19-12-6-2-1-3-7-12/h1-11H,(H,17,18). The van der Waals surface area contributed by atoms with Crippen molar-refractivity contribution in [3.05, 3.63) is 71.1 Å². The van der Waals surface area contributed by atoms with E-state index in [1.165, 1.54) is 17.8 Å². The van der Waals surface area contributed by atoms with Crippen LogP contribution < -0.4 is 5.32 Å². The van der Waals surface area contributed by atoms with Crippen LogP contribution in [0.15, 0.2) is 71.0 Å². The Labute approximate surface area is 121 Å². The van der Waals surface area contributed by atoms with Gasteiger partial charge in [-0.15, -0.1) is 0 Å². The molecular formula is C15H12ClNOS. The molecule has 1 N–H and O–H groups in total. The van der Waals surface area contributed by atoms with E-state index in [0.29, 0.717) is 10.7 Å². The number of nitrogens with one attached hydrogen (secondary N) is 1. The first-order valence-corrected chi connectivity index (χ1v) is 6.95. The molecule has 0 aromatic heterocycles. The summed E-state index contributed by atoms with van der Waals surface area (Å²) in [4.78, 5) is 12.8. The van der Waals surface area contributed by atoms with E-state index in [4.69, 9.17) is 11.6 Å². The number of benzene rings is 2. The van der Waals surface area contributed by atoms with E-state index in [9.17, 15) is 4.79 Å². The predicted octanol–water partition coefficient (Wildman–Crippen LogP) is 4.58. The molecule has 0 spiro atoms. The van der Waals surface area contributed by atoms with E-state index >= 15 is 0 Å². The fraction of sp³-hybridized carbons (Fsp3) is 0.